The Balaban J connectivity index is 1.79. The van der Waals surface area contributed by atoms with Crippen molar-refractivity contribution in [3.63, 3.8) is 0 Å². The second-order valence-corrected chi connectivity index (χ2v) is 7.57. The van der Waals surface area contributed by atoms with Crippen molar-refractivity contribution >= 4 is 17.1 Å². The number of fused-ring (bicyclic) bond motifs is 2. The van der Waals surface area contributed by atoms with E-state index in [2.05, 4.69) is 9.97 Å². The van der Waals surface area contributed by atoms with Crippen LogP contribution < -0.4 is 9.64 Å². The van der Waals surface area contributed by atoms with Crippen LogP contribution in [0.3, 0.4) is 0 Å². The van der Waals surface area contributed by atoms with Gasteiger partial charge in [0.05, 0.1) is 36.6 Å². The molecule has 2 aromatic carbocycles. The van der Waals surface area contributed by atoms with E-state index in [0.717, 1.165) is 16.8 Å². The first-order valence-corrected chi connectivity index (χ1v) is 10.0. The van der Waals surface area contributed by atoms with Crippen molar-refractivity contribution in [3.05, 3.63) is 65.9 Å². The number of carbonyl (C=O) groups is 1. The number of nitrogens with zero attached hydrogens (tertiary/aromatic N) is 5. The standard InChI is InChI=1S/C24H18FN5O2/c1-29-19-7-5-16(9-14(19)6-8-21(29)31)23-22(15-3-4-17(11-26)18(25)10-15)28-24(32-2)20-12-27-13-30(20)23/h3-5,7,9-10,12-13H,6,8H2,1-2H3. The Bertz CT molecular complexity index is 1440. The van der Waals surface area contributed by atoms with Gasteiger partial charge in [-0.15, -0.1) is 0 Å². The lowest BCUT2D eigenvalue weighted by molar-refractivity contribution is -0.118. The summed E-state index contributed by atoms with van der Waals surface area (Å²) in [5.74, 6) is -0.176. The molecule has 0 bridgehead atoms. The molecule has 0 aliphatic carbocycles. The van der Waals surface area contributed by atoms with Gasteiger partial charge in [0.1, 0.15) is 17.4 Å². The van der Waals surface area contributed by atoms with Gasteiger partial charge in [0, 0.05) is 30.3 Å². The van der Waals surface area contributed by atoms with Gasteiger partial charge >= 0.3 is 0 Å². The molecule has 8 heteroatoms. The quantitative estimate of drug-likeness (QED) is 0.494. The number of aryl methyl sites for hydroxylation is 1. The number of ether oxygens (including phenoxy) is 1. The van der Waals surface area contributed by atoms with E-state index < -0.39 is 5.82 Å². The van der Waals surface area contributed by atoms with E-state index >= 15 is 0 Å². The predicted molar refractivity (Wildman–Crippen MR) is 117 cm³/mol. The number of rotatable bonds is 3. The lowest BCUT2D eigenvalue weighted by Gasteiger charge is -2.26. The minimum absolute atomic E-state index is 0.0348. The molecule has 7 nitrogen and oxygen atoms in total. The number of aromatic nitrogens is 3. The number of halogens is 1. The average Bonchev–Trinajstić information content (AvgIpc) is 3.30. The van der Waals surface area contributed by atoms with E-state index in [0.29, 0.717) is 41.2 Å². The third-order valence-electron chi connectivity index (χ3n) is 5.79. The Kier molecular flexibility index (Phi) is 4.59. The zero-order chi connectivity index (χ0) is 22.4. The van der Waals surface area contributed by atoms with Crippen LogP contribution in [0.5, 0.6) is 5.88 Å². The predicted octanol–water partition coefficient (Wildman–Crippen LogP) is 3.99. The molecular weight excluding hydrogens is 409 g/mol. The fraction of sp³-hybridized carbons (Fsp3) is 0.167. The lowest BCUT2D eigenvalue weighted by Crippen LogP contribution is -2.31. The second kappa shape index (κ2) is 7.46. The Morgan fingerprint density at radius 1 is 1.16 bits per heavy atom. The summed E-state index contributed by atoms with van der Waals surface area (Å²) in [6, 6.07) is 12.1. The van der Waals surface area contributed by atoms with Crippen molar-refractivity contribution < 1.29 is 13.9 Å². The molecule has 4 aromatic rings. The third-order valence-corrected chi connectivity index (χ3v) is 5.79. The van der Waals surface area contributed by atoms with E-state index in [-0.39, 0.29) is 11.5 Å². The molecule has 0 spiro atoms. The largest absolute Gasteiger partial charge is 0.479 e. The Hall–Kier alpha value is -4.25. The number of methoxy groups -OCH3 is 1. The van der Waals surface area contributed by atoms with Crippen molar-refractivity contribution in [2.24, 2.45) is 0 Å². The van der Waals surface area contributed by atoms with Gasteiger partial charge in [0.25, 0.3) is 0 Å². The normalized spacial score (nSPS) is 13.2. The maximum atomic E-state index is 14.5. The van der Waals surface area contributed by atoms with Crippen LogP contribution in [0.1, 0.15) is 17.5 Å². The first-order valence-electron chi connectivity index (χ1n) is 10.0. The second-order valence-electron chi connectivity index (χ2n) is 7.57. The number of nitriles is 1. The minimum atomic E-state index is -0.618. The van der Waals surface area contributed by atoms with Crippen molar-refractivity contribution in [1.29, 1.82) is 5.26 Å². The molecule has 0 radical (unpaired) electrons. The zero-order valence-electron chi connectivity index (χ0n) is 17.5. The van der Waals surface area contributed by atoms with Crippen LogP contribution >= 0.6 is 0 Å². The molecule has 0 fully saturated rings. The fourth-order valence-corrected chi connectivity index (χ4v) is 4.14. The zero-order valence-corrected chi connectivity index (χ0v) is 17.5. The highest BCUT2D eigenvalue weighted by Crippen LogP contribution is 2.38. The molecule has 1 aliphatic heterocycles. The molecule has 0 atom stereocenters. The smallest absolute Gasteiger partial charge is 0.240 e. The molecule has 2 aromatic heterocycles. The van der Waals surface area contributed by atoms with Gasteiger partial charge in [-0.25, -0.2) is 14.4 Å². The van der Waals surface area contributed by atoms with E-state index in [1.807, 2.05) is 28.7 Å². The molecule has 0 unspecified atom stereocenters. The van der Waals surface area contributed by atoms with Crippen LogP contribution in [0.4, 0.5) is 10.1 Å². The molecule has 0 saturated carbocycles. The number of hydrogen-bond donors (Lipinski definition) is 0. The van der Waals surface area contributed by atoms with Gasteiger partial charge in [-0.2, -0.15) is 5.26 Å². The number of imidazole rings is 1. The average molecular weight is 427 g/mol. The Labute approximate surface area is 183 Å². The number of anilines is 1. The van der Waals surface area contributed by atoms with E-state index in [9.17, 15) is 9.18 Å². The van der Waals surface area contributed by atoms with Crippen LogP contribution in [0.25, 0.3) is 28.0 Å². The first-order chi connectivity index (χ1) is 15.5. The summed E-state index contributed by atoms with van der Waals surface area (Å²) in [6.07, 6.45) is 4.41. The molecule has 158 valence electrons. The lowest BCUT2D eigenvalue weighted by atomic mass is 9.96. The molecule has 5 rings (SSSR count). The summed E-state index contributed by atoms with van der Waals surface area (Å²) < 4.78 is 21.8. The SMILES string of the molecule is COc1nc(-c2ccc(C#N)c(F)c2)c(-c2ccc3c(c2)CCC(=O)N3C)n2cncc12. The summed E-state index contributed by atoms with van der Waals surface area (Å²) in [7, 11) is 3.29. The number of hydrogen-bond acceptors (Lipinski definition) is 5. The maximum Gasteiger partial charge on any atom is 0.240 e. The number of carbonyl (C=O) groups excluding carboxylic acids is 1. The summed E-state index contributed by atoms with van der Waals surface area (Å²) >= 11 is 0. The molecule has 3 heterocycles. The Morgan fingerprint density at radius 3 is 2.72 bits per heavy atom. The highest BCUT2D eigenvalue weighted by Gasteiger charge is 2.24. The van der Waals surface area contributed by atoms with E-state index in [1.54, 1.807) is 30.5 Å². The highest BCUT2D eigenvalue weighted by molar-refractivity contribution is 5.96. The Morgan fingerprint density at radius 2 is 1.97 bits per heavy atom. The van der Waals surface area contributed by atoms with Gasteiger partial charge in [0.2, 0.25) is 11.8 Å². The third kappa shape index (κ3) is 2.98. The van der Waals surface area contributed by atoms with E-state index in [1.165, 1.54) is 19.2 Å². The minimum Gasteiger partial charge on any atom is -0.479 e. The highest BCUT2D eigenvalue weighted by atomic mass is 19.1. The van der Waals surface area contributed by atoms with Crippen LogP contribution in [-0.4, -0.2) is 34.4 Å². The van der Waals surface area contributed by atoms with Crippen LogP contribution in [0.15, 0.2) is 48.9 Å². The summed E-state index contributed by atoms with van der Waals surface area (Å²) in [4.78, 5) is 22.7. The summed E-state index contributed by atoms with van der Waals surface area (Å²) in [5, 5.41) is 9.09. The topological polar surface area (TPSA) is 83.5 Å². The summed E-state index contributed by atoms with van der Waals surface area (Å²) in [6.45, 7) is 0. The number of amides is 1. The number of benzene rings is 2. The van der Waals surface area contributed by atoms with Gasteiger partial charge in [-0.3, -0.25) is 9.20 Å². The molecule has 32 heavy (non-hydrogen) atoms. The molecule has 1 aliphatic rings. The van der Waals surface area contributed by atoms with Crippen molar-refractivity contribution in [2.45, 2.75) is 12.8 Å². The monoisotopic (exact) mass is 427 g/mol. The van der Waals surface area contributed by atoms with Gasteiger partial charge in [0.15, 0.2) is 0 Å². The molecule has 1 amide bonds. The van der Waals surface area contributed by atoms with Crippen molar-refractivity contribution in [3.8, 4) is 34.5 Å². The van der Waals surface area contributed by atoms with Gasteiger partial charge in [-0.1, -0.05) is 12.1 Å². The molecule has 0 saturated heterocycles. The van der Waals surface area contributed by atoms with Crippen LogP contribution in [0.2, 0.25) is 0 Å². The van der Waals surface area contributed by atoms with Crippen LogP contribution in [0, 0.1) is 17.1 Å². The van der Waals surface area contributed by atoms with E-state index in [4.69, 9.17) is 10.00 Å². The van der Waals surface area contributed by atoms with Crippen molar-refractivity contribution in [1.82, 2.24) is 14.4 Å². The molecule has 0 N–H and O–H groups in total. The fourth-order valence-electron chi connectivity index (χ4n) is 4.14. The van der Waals surface area contributed by atoms with Gasteiger partial charge < -0.3 is 9.64 Å². The first kappa shape index (κ1) is 19.7. The van der Waals surface area contributed by atoms with Crippen molar-refractivity contribution in [2.75, 3.05) is 19.1 Å². The maximum absolute atomic E-state index is 14.5. The summed E-state index contributed by atoms with van der Waals surface area (Å²) in [5.41, 5.74) is 5.13. The van der Waals surface area contributed by atoms with Gasteiger partial charge in [-0.05, 0) is 36.2 Å². The van der Waals surface area contributed by atoms with Crippen LogP contribution in [-0.2, 0) is 11.2 Å². The molecular formula is C24H18FN5O2.